The Morgan fingerprint density at radius 3 is 2.55 bits per heavy atom. The summed E-state index contributed by atoms with van der Waals surface area (Å²) in [6, 6.07) is 14.1. The van der Waals surface area contributed by atoms with Crippen molar-refractivity contribution in [2.45, 2.75) is 0 Å². The molecule has 0 aliphatic heterocycles. The normalized spacial score (nSPS) is 10.7. The van der Waals surface area contributed by atoms with E-state index in [1.54, 1.807) is 30.5 Å². The molecule has 0 aliphatic carbocycles. The van der Waals surface area contributed by atoms with Crippen LogP contribution in [0.1, 0.15) is 15.9 Å². The Morgan fingerprint density at radius 1 is 0.950 bits per heavy atom. The number of para-hydroxylation sites is 1. The Morgan fingerprint density at radius 2 is 1.75 bits per heavy atom. The van der Waals surface area contributed by atoms with Gasteiger partial charge in [-0.25, -0.2) is 0 Å². The highest BCUT2D eigenvalue weighted by atomic mass is 35.5. The average Bonchev–Trinajstić information content (AvgIpc) is 2.46. The number of hydrogen-bond acceptors (Lipinski definition) is 2. The van der Waals surface area contributed by atoms with E-state index in [0.717, 1.165) is 5.39 Å². The minimum atomic E-state index is -0.157. The topological polar surface area (TPSA) is 30.0 Å². The van der Waals surface area contributed by atoms with Crippen molar-refractivity contribution in [3.8, 4) is 0 Å². The van der Waals surface area contributed by atoms with Gasteiger partial charge in [-0.15, -0.1) is 0 Å². The van der Waals surface area contributed by atoms with Crippen LogP contribution in [0.25, 0.3) is 10.9 Å². The Labute approximate surface area is 126 Å². The van der Waals surface area contributed by atoms with Gasteiger partial charge in [0.1, 0.15) is 0 Å². The number of pyridine rings is 1. The van der Waals surface area contributed by atoms with Gasteiger partial charge in [0.2, 0.25) is 0 Å². The summed E-state index contributed by atoms with van der Waals surface area (Å²) < 4.78 is 0. The smallest absolute Gasteiger partial charge is 0.196 e. The summed E-state index contributed by atoms with van der Waals surface area (Å²) in [7, 11) is 0. The number of aromatic nitrogens is 1. The molecule has 2 nitrogen and oxygen atoms in total. The minimum absolute atomic E-state index is 0.157. The largest absolute Gasteiger partial charge is 0.288 e. The molecule has 4 heteroatoms. The molecule has 0 saturated carbocycles. The summed E-state index contributed by atoms with van der Waals surface area (Å²) in [5, 5.41) is 1.77. The fraction of sp³-hybridized carbons (Fsp3) is 0. The number of fused-ring (bicyclic) bond motifs is 1. The van der Waals surface area contributed by atoms with Gasteiger partial charge in [-0.2, -0.15) is 0 Å². The van der Waals surface area contributed by atoms with Gasteiger partial charge in [0.15, 0.2) is 5.78 Å². The van der Waals surface area contributed by atoms with Crippen molar-refractivity contribution in [1.82, 2.24) is 4.98 Å². The van der Waals surface area contributed by atoms with Crippen molar-refractivity contribution in [2.24, 2.45) is 0 Å². The molecule has 3 aromatic rings. The second-order valence-electron chi connectivity index (χ2n) is 4.33. The molecule has 0 bridgehead atoms. The summed E-state index contributed by atoms with van der Waals surface area (Å²) in [5.74, 6) is -0.157. The first kappa shape index (κ1) is 13.1. The van der Waals surface area contributed by atoms with Crippen LogP contribution in [0.4, 0.5) is 0 Å². The van der Waals surface area contributed by atoms with Gasteiger partial charge in [-0.05, 0) is 30.3 Å². The van der Waals surface area contributed by atoms with Gasteiger partial charge < -0.3 is 0 Å². The summed E-state index contributed by atoms with van der Waals surface area (Å²) in [4.78, 5) is 16.9. The summed E-state index contributed by atoms with van der Waals surface area (Å²) in [6.45, 7) is 0. The SMILES string of the molecule is O=C(c1ccc(Cl)cc1Cl)c1cccc2cccnc12. The van der Waals surface area contributed by atoms with Crippen molar-refractivity contribution in [3.63, 3.8) is 0 Å². The molecule has 0 atom stereocenters. The number of hydrogen-bond donors (Lipinski definition) is 0. The molecule has 0 radical (unpaired) electrons. The van der Waals surface area contributed by atoms with Crippen molar-refractivity contribution in [1.29, 1.82) is 0 Å². The number of halogens is 2. The lowest BCUT2D eigenvalue weighted by Gasteiger charge is -2.06. The molecule has 3 rings (SSSR count). The highest BCUT2D eigenvalue weighted by Crippen LogP contribution is 2.25. The maximum absolute atomic E-state index is 12.6. The predicted octanol–water partition coefficient (Wildman–Crippen LogP) is 4.77. The molecule has 0 N–H and O–H groups in total. The Kier molecular flexibility index (Phi) is 3.43. The summed E-state index contributed by atoms with van der Waals surface area (Å²) in [6.07, 6.45) is 1.67. The van der Waals surface area contributed by atoms with Crippen molar-refractivity contribution < 1.29 is 4.79 Å². The molecule has 0 fully saturated rings. The van der Waals surface area contributed by atoms with Crippen LogP contribution in [0.5, 0.6) is 0 Å². The fourth-order valence-electron chi connectivity index (χ4n) is 2.11. The van der Waals surface area contributed by atoms with E-state index in [1.165, 1.54) is 0 Å². The first-order valence-corrected chi connectivity index (χ1v) is 6.76. The lowest BCUT2D eigenvalue weighted by atomic mass is 10.0. The van der Waals surface area contributed by atoms with E-state index in [4.69, 9.17) is 23.2 Å². The van der Waals surface area contributed by atoms with Gasteiger partial charge in [0.05, 0.1) is 10.5 Å². The van der Waals surface area contributed by atoms with Gasteiger partial charge in [0, 0.05) is 27.7 Å². The number of rotatable bonds is 2. The molecule has 0 amide bonds. The van der Waals surface area contributed by atoms with Crippen LogP contribution in [-0.2, 0) is 0 Å². The van der Waals surface area contributed by atoms with Gasteiger partial charge in [-0.1, -0.05) is 41.4 Å². The van der Waals surface area contributed by atoms with Crippen LogP contribution >= 0.6 is 23.2 Å². The van der Waals surface area contributed by atoms with Gasteiger partial charge in [-0.3, -0.25) is 9.78 Å². The highest BCUT2D eigenvalue weighted by molar-refractivity contribution is 6.37. The van der Waals surface area contributed by atoms with E-state index in [0.29, 0.717) is 26.7 Å². The molecule has 2 aromatic carbocycles. The van der Waals surface area contributed by atoms with E-state index < -0.39 is 0 Å². The van der Waals surface area contributed by atoms with Crippen molar-refractivity contribution in [3.05, 3.63) is 75.9 Å². The number of carbonyl (C=O) groups excluding carboxylic acids is 1. The molecule has 1 heterocycles. The number of benzene rings is 2. The maximum Gasteiger partial charge on any atom is 0.196 e. The first-order valence-electron chi connectivity index (χ1n) is 6.00. The lowest BCUT2D eigenvalue weighted by Crippen LogP contribution is -2.03. The first-order chi connectivity index (χ1) is 9.66. The summed E-state index contributed by atoms with van der Waals surface area (Å²) >= 11 is 12.0. The van der Waals surface area contributed by atoms with Crippen LogP contribution in [0.15, 0.2) is 54.7 Å². The zero-order chi connectivity index (χ0) is 14.1. The Balaban J connectivity index is 2.18. The lowest BCUT2D eigenvalue weighted by molar-refractivity contribution is 0.104. The van der Waals surface area contributed by atoms with E-state index in [9.17, 15) is 4.79 Å². The van der Waals surface area contributed by atoms with E-state index in [2.05, 4.69) is 4.98 Å². The van der Waals surface area contributed by atoms with Crippen LogP contribution < -0.4 is 0 Å². The summed E-state index contributed by atoms with van der Waals surface area (Å²) in [5.41, 5.74) is 1.63. The average molecular weight is 302 g/mol. The van der Waals surface area contributed by atoms with Gasteiger partial charge in [0.25, 0.3) is 0 Å². The second kappa shape index (κ2) is 5.23. The molecule has 1 aromatic heterocycles. The molecule has 0 saturated heterocycles. The maximum atomic E-state index is 12.6. The quantitative estimate of drug-likeness (QED) is 0.638. The molecule has 98 valence electrons. The highest BCUT2D eigenvalue weighted by Gasteiger charge is 2.16. The zero-order valence-electron chi connectivity index (χ0n) is 10.3. The molecule has 0 unspecified atom stereocenters. The van der Waals surface area contributed by atoms with E-state index in [1.807, 2.05) is 24.3 Å². The molecular weight excluding hydrogens is 293 g/mol. The molecule has 20 heavy (non-hydrogen) atoms. The molecule has 0 aliphatic rings. The van der Waals surface area contributed by atoms with Crippen LogP contribution in [0.3, 0.4) is 0 Å². The van der Waals surface area contributed by atoms with Crippen molar-refractivity contribution >= 4 is 39.9 Å². The van der Waals surface area contributed by atoms with Crippen LogP contribution in [0, 0.1) is 0 Å². The third-order valence-electron chi connectivity index (χ3n) is 3.05. The number of ketones is 1. The number of nitrogens with zero attached hydrogens (tertiary/aromatic N) is 1. The molecule has 0 spiro atoms. The predicted molar refractivity (Wildman–Crippen MR) is 81.6 cm³/mol. The monoisotopic (exact) mass is 301 g/mol. The van der Waals surface area contributed by atoms with Crippen LogP contribution in [-0.4, -0.2) is 10.8 Å². The van der Waals surface area contributed by atoms with Crippen LogP contribution in [0.2, 0.25) is 10.0 Å². The molecular formula is C16H9Cl2NO. The fourth-order valence-corrected chi connectivity index (χ4v) is 2.60. The van der Waals surface area contributed by atoms with Crippen molar-refractivity contribution in [2.75, 3.05) is 0 Å². The van der Waals surface area contributed by atoms with E-state index >= 15 is 0 Å². The second-order valence-corrected chi connectivity index (χ2v) is 5.18. The zero-order valence-corrected chi connectivity index (χ0v) is 11.8. The number of carbonyl (C=O) groups is 1. The standard InChI is InChI=1S/C16H9Cl2NO/c17-11-6-7-12(14(18)9-11)16(20)13-5-1-3-10-4-2-8-19-15(10)13/h1-9H. The Bertz CT molecular complexity index is 809. The minimum Gasteiger partial charge on any atom is -0.288 e. The third-order valence-corrected chi connectivity index (χ3v) is 3.60. The van der Waals surface area contributed by atoms with Gasteiger partial charge >= 0.3 is 0 Å². The Hall–Kier alpha value is -1.90. The van der Waals surface area contributed by atoms with E-state index in [-0.39, 0.29) is 5.78 Å². The third kappa shape index (κ3) is 2.28.